The smallest absolute Gasteiger partial charge is 0.379 e. The number of aromatic nitrogens is 1. The molecule has 0 aliphatic carbocycles. The van der Waals surface area contributed by atoms with Crippen LogP contribution in [0.15, 0.2) is 64.1 Å². The Kier molecular flexibility index (Phi) is 5.45. The lowest BCUT2D eigenvalue weighted by atomic mass is 10.2. The summed E-state index contributed by atoms with van der Waals surface area (Å²) in [5.74, 6) is 1.04. The lowest BCUT2D eigenvalue weighted by Gasteiger charge is -2.07. The molecule has 0 unspecified atom stereocenters. The number of para-hydroxylation sites is 1. The Hall–Kier alpha value is -2.82. The molecule has 0 amide bonds. The second-order valence-electron chi connectivity index (χ2n) is 5.38. The van der Waals surface area contributed by atoms with Gasteiger partial charge in [-0.05, 0) is 43.5 Å². The van der Waals surface area contributed by atoms with Gasteiger partial charge in [0.1, 0.15) is 11.3 Å². The van der Waals surface area contributed by atoms with Gasteiger partial charge in [0.05, 0.1) is 19.4 Å². The first kappa shape index (κ1) is 16.1. The van der Waals surface area contributed by atoms with Crippen molar-refractivity contribution in [3.05, 3.63) is 65.3 Å². The Morgan fingerprint density at radius 3 is 2.62 bits per heavy atom. The van der Waals surface area contributed by atoms with Crippen molar-refractivity contribution in [1.29, 1.82) is 0 Å². The maximum Gasteiger partial charge on any atom is 0.379 e. The molecule has 5 heteroatoms. The van der Waals surface area contributed by atoms with Crippen LogP contribution in [0, 0.1) is 0 Å². The zero-order valence-corrected chi connectivity index (χ0v) is 13.3. The number of fused-ring (bicyclic) bond motifs is 1. The number of hydrogen-bond acceptors (Lipinski definition) is 5. The number of nitrogens with zero attached hydrogens (tertiary/aromatic N) is 1. The summed E-state index contributed by atoms with van der Waals surface area (Å²) >= 11 is 0. The maximum absolute atomic E-state index is 11.8. The maximum atomic E-state index is 11.8. The van der Waals surface area contributed by atoms with Crippen molar-refractivity contribution < 1.29 is 13.9 Å². The number of pyridine rings is 1. The van der Waals surface area contributed by atoms with Gasteiger partial charge in [0.15, 0.2) is 0 Å². The first-order chi connectivity index (χ1) is 11.8. The van der Waals surface area contributed by atoms with Crippen LogP contribution in [-0.4, -0.2) is 18.2 Å². The van der Waals surface area contributed by atoms with Gasteiger partial charge >= 0.3 is 5.63 Å². The van der Waals surface area contributed by atoms with Gasteiger partial charge in [-0.2, -0.15) is 0 Å². The Labute approximate surface area is 139 Å². The molecule has 5 nitrogen and oxygen atoms in total. The normalized spacial score (nSPS) is 10.7. The second kappa shape index (κ2) is 8.15. The molecule has 0 N–H and O–H groups in total. The van der Waals surface area contributed by atoms with Crippen molar-refractivity contribution in [2.24, 2.45) is 0 Å². The number of unbranched alkanes of at least 4 members (excludes halogenated alkanes) is 2. The third-order valence-electron chi connectivity index (χ3n) is 3.56. The zero-order valence-electron chi connectivity index (χ0n) is 13.3. The van der Waals surface area contributed by atoms with E-state index in [1.54, 1.807) is 24.5 Å². The van der Waals surface area contributed by atoms with E-state index in [0.717, 1.165) is 30.4 Å². The fourth-order valence-electron chi connectivity index (χ4n) is 2.33. The van der Waals surface area contributed by atoms with E-state index in [0.29, 0.717) is 18.8 Å². The summed E-state index contributed by atoms with van der Waals surface area (Å²) in [6.45, 7) is 1.12. The summed E-state index contributed by atoms with van der Waals surface area (Å²) in [5.41, 5.74) is 0.135. The van der Waals surface area contributed by atoms with Crippen LogP contribution in [0.1, 0.15) is 19.3 Å². The number of ether oxygens (including phenoxy) is 2. The van der Waals surface area contributed by atoms with Crippen LogP contribution in [0.2, 0.25) is 0 Å². The first-order valence-electron chi connectivity index (χ1n) is 8.01. The molecule has 0 spiro atoms. The number of rotatable bonds is 8. The molecule has 0 saturated heterocycles. The lowest BCUT2D eigenvalue weighted by molar-refractivity contribution is 0.272. The zero-order chi connectivity index (χ0) is 16.6. The highest BCUT2D eigenvalue weighted by atomic mass is 16.5. The molecule has 1 aromatic carbocycles. The average molecular weight is 325 g/mol. The summed E-state index contributed by atoms with van der Waals surface area (Å²) in [6.07, 6.45) is 6.14. The fourth-order valence-corrected chi connectivity index (χ4v) is 2.33. The minimum absolute atomic E-state index is 0.264. The molecule has 3 aromatic rings. The molecular formula is C19H19NO4. The van der Waals surface area contributed by atoms with Gasteiger partial charge in [0.2, 0.25) is 5.75 Å². The average Bonchev–Trinajstić information content (AvgIpc) is 2.62. The van der Waals surface area contributed by atoms with Crippen LogP contribution in [0.25, 0.3) is 11.0 Å². The lowest BCUT2D eigenvalue weighted by Crippen LogP contribution is -2.08. The predicted molar refractivity (Wildman–Crippen MR) is 91.6 cm³/mol. The van der Waals surface area contributed by atoms with Crippen molar-refractivity contribution in [2.45, 2.75) is 19.3 Å². The first-order valence-corrected chi connectivity index (χ1v) is 8.01. The van der Waals surface area contributed by atoms with Gasteiger partial charge in [-0.25, -0.2) is 4.79 Å². The minimum Gasteiger partial charge on any atom is -0.492 e. The Morgan fingerprint density at radius 2 is 1.79 bits per heavy atom. The van der Waals surface area contributed by atoms with Crippen molar-refractivity contribution in [1.82, 2.24) is 4.98 Å². The summed E-state index contributed by atoms with van der Waals surface area (Å²) in [5, 5.41) is 0.858. The molecule has 0 fully saturated rings. The third-order valence-corrected chi connectivity index (χ3v) is 3.56. The molecule has 0 saturated carbocycles. The molecule has 2 heterocycles. The quantitative estimate of drug-likeness (QED) is 0.465. The molecular weight excluding hydrogens is 306 g/mol. The van der Waals surface area contributed by atoms with E-state index in [2.05, 4.69) is 4.98 Å². The molecule has 2 aromatic heterocycles. The van der Waals surface area contributed by atoms with Gasteiger partial charge in [-0.3, -0.25) is 4.98 Å². The van der Waals surface area contributed by atoms with Gasteiger partial charge < -0.3 is 13.9 Å². The number of benzene rings is 1. The molecule has 3 rings (SSSR count). The van der Waals surface area contributed by atoms with Crippen molar-refractivity contribution in [2.75, 3.05) is 13.2 Å². The Bertz CT molecular complexity index is 829. The van der Waals surface area contributed by atoms with E-state index in [-0.39, 0.29) is 5.75 Å². The van der Waals surface area contributed by atoms with Crippen LogP contribution < -0.4 is 15.1 Å². The van der Waals surface area contributed by atoms with Crippen LogP contribution in [0.4, 0.5) is 0 Å². The van der Waals surface area contributed by atoms with Gasteiger partial charge in [-0.1, -0.05) is 18.2 Å². The monoisotopic (exact) mass is 325 g/mol. The van der Waals surface area contributed by atoms with E-state index in [4.69, 9.17) is 13.9 Å². The molecule has 124 valence electrons. The summed E-state index contributed by atoms with van der Waals surface area (Å²) in [4.78, 5) is 15.8. The molecule has 0 atom stereocenters. The molecule has 0 aliphatic heterocycles. The molecule has 0 aliphatic rings. The van der Waals surface area contributed by atoms with E-state index in [1.807, 2.05) is 30.3 Å². The highest BCUT2D eigenvalue weighted by molar-refractivity contribution is 5.77. The summed E-state index contributed by atoms with van der Waals surface area (Å²) < 4.78 is 16.4. The highest BCUT2D eigenvalue weighted by Crippen LogP contribution is 2.16. The Balaban J connectivity index is 1.39. The fraction of sp³-hybridized carbons (Fsp3) is 0.263. The van der Waals surface area contributed by atoms with Gasteiger partial charge in [0, 0.05) is 11.6 Å². The topological polar surface area (TPSA) is 61.6 Å². The van der Waals surface area contributed by atoms with E-state index in [1.165, 1.54) is 0 Å². The van der Waals surface area contributed by atoms with Crippen LogP contribution in [0.3, 0.4) is 0 Å². The largest absolute Gasteiger partial charge is 0.492 e. The highest BCUT2D eigenvalue weighted by Gasteiger charge is 2.05. The second-order valence-corrected chi connectivity index (χ2v) is 5.38. The Morgan fingerprint density at radius 1 is 0.958 bits per heavy atom. The van der Waals surface area contributed by atoms with E-state index >= 15 is 0 Å². The third kappa shape index (κ3) is 4.35. The number of hydrogen-bond donors (Lipinski definition) is 0. The predicted octanol–water partition coefficient (Wildman–Crippen LogP) is 3.82. The van der Waals surface area contributed by atoms with E-state index < -0.39 is 5.63 Å². The van der Waals surface area contributed by atoms with Crippen molar-refractivity contribution in [3.8, 4) is 11.5 Å². The standard InChI is InChI=1S/C19H19NO4/c21-19-18(13-15-7-2-3-9-17(15)24-19)23-12-5-1-4-11-22-16-8-6-10-20-14-16/h2-3,6-10,13-14H,1,4-5,11-12H2. The van der Waals surface area contributed by atoms with Crippen LogP contribution in [0.5, 0.6) is 11.5 Å². The minimum atomic E-state index is -0.436. The summed E-state index contributed by atoms with van der Waals surface area (Å²) in [6, 6.07) is 12.8. The molecule has 24 heavy (non-hydrogen) atoms. The van der Waals surface area contributed by atoms with Crippen molar-refractivity contribution in [3.63, 3.8) is 0 Å². The van der Waals surface area contributed by atoms with Crippen LogP contribution in [-0.2, 0) is 0 Å². The van der Waals surface area contributed by atoms with Gasteiger partial charge in [-0.15, -0.1) is 0 Å². The molecule has 0 radical (unpaired) electrons. The van der Waals surface area contributed by atoms with E-state index in [9.17, 15) is 4.79 Å². The summed E-state index contributed by atoms with van der Waals surface area (Å²) in [7, 11) is 0. The van der Waals surface area contributed by atoms with Crippen LogP contribution >= 0.6 is 0 Å². The molecule has 0 bridgehead atoms. The van der Waals surface area contributed by atoms with Gasteiger partial charge in [0.25, 0.3) is 0 Å². The SMILES string of the molecule is O=c1oc2ccccc2cc1OCCCCCOc1cccnc1. The van der Waals surface area contributed by atoms with Crippen molar-refractivity contribution >= 4 is 11.0 Å².